The van der Waals surface area contributed by atoms with Gasteiger partial charge < -0.3 is 4.55 Å². The SMILES string of the molecule is CCCCCCCCCCCCCc1cc(S(=O)(=O)[O-])c2ccccc2c1.[Na+]. The Balaban J connectivity index is 0.00000392. The zero-order valence-corrected chi connectivity index (χ0v) is 20.4. The Labute approximate surface area is 193 Å². The van der Waals surface area contributed by atoms with E-state index in [4.69, 9.17) is 0 Å². The van der Waals surface area contributed by atoms with Crippen molar-refractivity contribution in [1.29, 1.82) is 0 Å². The maximum Gasteiger partial charge on any atom is 1.00 e. The van der Waals surface area contributed by atoms with Crippen molar-refractivity contribution in [2.45, 2.75) is 88.9 Å². The van der Waals surface area contributed by atoms with Crippen LogP contribution in [0.3, 0.4) is 0 Å². The largest absolute Gasteiger partial charge is 1.00 e. The van der Waals surface area contributed by atoms with Crippen LogP contribution in [-0.4, -0.2) is 13.0 Å². The van der Waals surface area contributed by atoms with Crippen LogP contribution in [0, 0.1) is 0 Å². The van der Waals surface area contributed by atoms with Crippen molar-refractivity contribution in [2.75, 3.05) is 0 Å². The number of rotatable bonds is 13. The number of hydrogen-bond acceptors (Lipinski definition) is 3. The molecule has 2 rings (SSSR count). The molecule has 0 amide bonds. The third-order valence-electron chi connectivity index (χ3n) is 5.22. The average Bonchev–Trinajstić information content (AvgIpc) is 2.64. The summed E-state index contributed by atoms with van der Waals surface area (Å²) >= 11 is 0. The third kappa shape index (κ3) is 8.96. The monoisotopic (exact) mass is 412 g/mol. The molecule has 0 radical (unpaired) electrons. The van der Waals surface area contributed by atoms with Gasteiger partial charge in [0.25, 0.3) is 0 Å². The average molecular weight is 413 g/mol. The summed E-state index contributed by atoms with van der Waals surface area (Å²) in [5.41, 5.74) is 0.944. The number of unbranched alkanes of at least 4 members (excludes halogenated alkanes) is 10. The Morgan fingerprint density at radius 2 is 1.32 bits per heavy atom. The van der Waals surface area contributed by atoms with Gasteiger partial charge in [0.15, 0.2) is 0 Å². The quantitative estimate of drug-likeness (QED) is 0.287. The van der Waals surface area contributed by atoms with E-state index < -0.39 is 10.1 Å². The van der Waals surface area contributed by atoms with Gasteiger partial charge in [-0.1, -0.05) is 101 Å². The van der Waals surface area contributed by atoms with E-state index in [9.17, 15) is 13.0 Å². The molecule has 150 valence electrons. The van der Waals surface area contributed by atoms with E-state index in [0.717, 1.165) is 30.2 Å². The normalized spacial score (nSPS) is 11.5. The Kier molecular flexibility index (Phi) is 12.6. The van der Waals surface area contributed by atoms with Gasteiger partial charge in [-0.15, -0.1) is 0 Å². The van der Waals surface area contributed by atoms with Gasteiger partial charge in [-0.2, -0.15) is 0 Å². The van der Waals surface area contributed by atoms with Gasteiger partial charge in [0.1, 0.15) is 10.1 Å². The maximum atomic E-state index is 11.6. The molecular weight excluding hydrogens is 379 g/mol. The molecule has 0 saturated carbocycles. The Morgan fingerprint density at radius 3 is 1.89 bits per heavy atom. The Hall–Kier alpha value is -0.390. The molecule has 2 aromatic rings. The van der Waals surface area contributed by atoms with Crippen molar-refractivity contribution in [3.8, 4) is 0 Å². The van der Waals surface area contributed by atoms with Gasteiger partial charge in [-0.05, 0) is 35.2 Å². The molecule has 0 atom stereocenters. The standard InChI is InChI=1S/C23H34O3S.Na/c1-2-3-4-5-6-7-8-9-10-11-12-15-20-18-21-16-13-14-17-22(21)23(19-20)27(24,25)26;/h13-14,16-19H,2-12,15H2,1H3,(H,24,25,26);/q;+1/p-1. The Bertz CT molecular complexity index is 803. The first-order valence-corrected chi connectivity index (χ1v) is 11.9. The molecule has 0 aliphatic rings. The molecule has 0 bridgehead atoms. The van der Waals surface area contributed by atoms with E-state index in [0.29, 0.717) is 5.39 Å². The smallest absolute Gasteiger partial charge is 0.744 e. The second-order valence-corrected chi connectivity index (χ2v) is 8.90. The fraction of sp³-hybridized carbons (Fsp3) is 0.565. The van der Waals surface area contributed by atoms with Crippen LogP contribution in [0.4, 0.5) is 0 Å². The minimum absolute atomic E-state index is 0. The summed E-state index contributed by atoms with van der Waals surface area (Å²) in [4.78, 5) is -0.0846. The van der Waals surface area contributed by atoms with Crippen LogP contribution in [0.2, 0.25) is 0 Å². The van der Waals surface area contributed by atoms with E-state index in [-0.39, 0.29) is 34.5 Å². The van der Waals surface area contributed by atoms with E-state index in [1.54, 1.807) is 18.2 Å². The van der Waals surface area contributed by atoms with Crippen molar-refractivity contribution in [3.63, 3.8) is 0 Å². The van der Waals surface area contributed by atoms with Gasteiger partial charge in [0, 0.05) is 0 Å². The molecule has 0 unspecified atom stereocenters. The van der Waals surface area contributed by atoms with Crippen LogP contribution in [0.1, 0.15) is 83.1 Å². The molecule has 2 aromatic carbocycles. The molecular formula is C23H33NaO3S. The fourth-order valence-electron chi connectivity index (χ4n) is 3.68. The van der Waals surface area contributed by atoms with Crippen molar-refractivity contribution in [1.82, 2.24) is 0 Å². The molecule has 0 fully saturated rings. The summed E-state index contributed by atoms with van der Waals surface area (Å²) in [6, 6.07) is 10.8. The third-order valence-corrected chi connectivity index (χ3v) is 6.10. The van der Waals surface area contributed by atoms with E-state index >= 15 is 0 Å². The minimum Gasteiger partial charge on any atom is -0.744 e. The minimum atomic E-state index is -4.46. The van der Waals surface area contributed by atoms with Crippen LogP contribution >= 0.6 is 0 Å². The zero-order valence-electron chi connectivity index (χ0n) is 17.6. The predicted molar refractivity (Wildman–Crippen MR) is 112 cm³/mol. The summed E-state index contributed by atoms with van der Waals surface area (Å²) in [6.07, 6.45) is 15.0. The van der Waals surface area contributed by atoms with Gasteiger partial charge in [0.05, 0.1) is 4.90 Å². The van der Waals surface area contributed by atoms with Crippen LogP contribution < -0.4 is 29.6 Å². The molecule has 5 heteroatoms. The van der Waals surface area contributed by atoms with Crippen LogP contribution in [-0.2, 0) is 16.5 Å². The van der Waals surface area contributed by atoms with Gasteiger partial charge in [-0.3, -0.25) is 0 Å². The van der Waals surface area contributed by atoms with E-state index in [2.05, 4.69) is 6.92 Å². The van der Waals surface area contributed by atoms with E-state index in [1.165, 1.54) is 57.8 Å². The summed E-state index contributed by atoms with van der Waals surface area (Å²) in [6.45, 7) is 2.25. The predicted octanol–water partition coefficient (Wildman–Crippen LogP) is 3.60. The molecule has 0 aromatic heterocycles. The molecule has 0 aliphatic heterocycles. The fourth-order valence-corrected chi connectivity index (χ4v) is 4.43. The summed E-state index contributed by atoms with van der Waals surface area (Å²) in [5.74, 6) is 0. The van der Waals surface area contributed by atoms with Crippen molar-refractivity contribution in [2.24, 2.45) is 0 Å². The summed E-state index contributed by atoms with van der Waals surface area (Å²) < 4.78 is 34.8. The molecule has 0 heterocycles. The zero-order chi connectivity index (χ0) is 19.5. The van der Waals surface area contributed by atoms with Crippen molar-refractivity contribution in [3.05, 3.63) is 42.0 Å². The first kappa shape index (κ1) is 25.6. The van der Waals surface area contributed by atoms with Crippen molar-refractivity contribution >= 4 is 20.9 Å². The first-order chi connectivity index (χ1) is 13.0. The van der Waals surface area contributed by atoms with Gasteiger partial charge >= 0.3 is 29.6 Å². The summed E-state index contributed by atoms with van der Waals surface area (Å²) in [7, 11) is -4.46. The van der Waals surface area contributed by atoms with Gasteiger partial charge in [-0.25, -0.2) is 8.42 Å². The number of fused-ring (bicyclic) bond motifs is 1. The number of benzene rings is 2. The molecule has 28 heavy (non-hydrogen) atoms. The molecule has 0 N–H and O–H groups in total. The van der Waals surface area contributed by atoms with Crippen LogP contribution in [0.5, 0.6) is 0 Å². The second kappa shape index (κ2) is 13.8. The van der Waals surface area contributed by atoms with Crippen LogP contribution in [0.15, 0.2) is 41.3 Å². The number of hydrogen-bond donors (Lipinski definition) is 0. The topological polar surface area (TPSA) is 57.2 Å². The van der Waals surface area contributed by atoms with E-state index in [1.807, 2.05) is 18.2 Å². The first-order valence-electron chi connectivity index (χ1n) is 10.5. The maximum absolute atomic E-state index is 11.6. The molecule has 0 spiro atoms. The second-order valence-electron chi connectivity index (χ2n) is 7.55. The number of aryl methyl sites for hydroxylation is 1. The van der Waals surface area contributed by atoms with Crippen LogP contribution in [0.25, 0.3) is 10.8 Å². The Morgan fingerprint density at radius 1 is 0.786 bits per heavy atom. The van der Waals surface area contributed by atoms with Crippen molar-refractivity contribution < 1.29 is 42.5 Å². The summed E-state index contributed by atoms with van der Waals surface area (Å²) in [5, 5.41) is 1.35. The van der Waals surface area contributed by atoms with Gasteiger partial charge in [0.2, 0.25) is 0 Å². The molecule has 0 saturated heterocycles. The molecule has 0 aliphatic carbocycles. The molecule has 3 nitrogen and oxygen atoms in total.